The van der Waals surface area contributed by atoms with Crippen LogP contribution in [0.15, 0.2) is 72.8 Å². The van der Waals surface area contributed by atoms with Crippen molar-refractivity contribution in [2.24, 2.45) is 0 Å². The highest BCUT2D eigenvalue weighted by atomic mass is 16.5. The fourth-order valence-electron chi connectivity index (χ4n) is 4.97. The molecule has 0 saturated carbocycles. The van der Waals surface area contributed by atoms with Crippen LogP contribution in [-0.2, 0) is 29.0 Å². The lowest BCUT2D eigenvalue weighted by atomic mass is 9.88. The van der Waals surface area contributed by atoms with E-state index in [4.69, 9.17) is 14.2 Å². The van der Waals surface area contributed by atoms with Crippen LogP contribution in [0.25, 0.3) is 0 Å². The van der Waals surface area contributed by atoms with Gasteiger partial charge in [0.15, 0.2) is 6.61 Å². The SMILES string of the molecule is O=C(COc1ccc2c(c1)C[C@@H](NC[C@@H](O)c1ccc(OCc3ccccc3)cc1)CC2)N1CCOCC1. The first-order chi connectivity index (χ1) is 18.6. The maximum Gasteiger partial charge on any atom is 0.260 e. The number of ether oxygens (including phenoxy) is 3. The lowest BCUT2D eigenvalue weighted by molar-refractivity contribution is -0.137. The molecular formula is C31H36N2O5. The van der Waals surface area contributed by atoms with E-state index in [9.17, 15) is 9.90 Å². The molecule has 3 aromatic carbocycles. The number of aliphatic hydroxyl groups is 1. The maximum absolute atomic E-state index is 12.4. The number of nitrogens with zero attached hydrogens (tertiary/aromatic N) is 1. The smallest absolute Gasteiger partial charge is 0.260 e. The number of carbonyl (C=O) groups is 1. The molecule has 1 heterocycles. The van der Waals surface area contributed by atoms with E-state index in [1.165, 1.54) is 11.1 Å². The highest BCUT2D eigenvalue weighted by Gasteiger charge is 2.21. The fourth-order valence-corrected chi connectivity index (χ4v) is 4.97. The molecule has 3 aromatic rings. The number of nitrogens with one attached hydrogen (secondary N) is 1. The zero-order chi connectivity index (χ0) is 26.2. The molecule has 38 heavy (non-hydrogen) atoms. The summed E-state index contributed by atoms with van der Waals surface area (Å²) < 4.78 is 17.0. The number of fused-ring (bicyclic) bond motifs is 1. The second kappa shape index (κ2) is 12.9. The van der Waals surface area contributed by atoms with Gasteiger partial charge < -0.3 is 29.5 Å². The number of rotatable bonds is 10. The number of amides is 1. The highest BCUT2D eigenvalue weighted by molar-refractivity contribution is 5.77. The Hall–Kier alpha value is -3.39. The third kappa shape index (κ3) is 7.13. The zero-order valence-electron chi connectivity index (χ0n) is 21.7. The van der Waals surface area contributed by atoms with E-state index in [1.807, 2.05) is 60.7 Å². The van der Waals surface area contributed by atoms with Crippen molar-refractivity contribution in [3.05, 3.63) is 95.1 Å². The molecule has 2 atom stereocenters. The van der Waals surface area contributed by atoms with E-state index in [0.29, 0.717) is 39.5 Å². The summed E-state index contributed by atoms with van der Waals surface area (Å²) >= 11 is 0. The number of benzene rings is 3. The lowest BCUT2D eigenvalue weighted by Crippen LogP contribution is -2.43. The normalized spacial score (nSPS) is 17.9. The van der Waals surface area contributed by atoms with E-state index in [-0.39, 0.29) is 18.6 Å². The predicted octanol–water partition coefficient (Wildman–Crippen LogP) is 3.68. The van der Waals surface area contributed by atoms with Crippen molar-refractivity contribution < 1.29 is 24.1 Å². The number of morpholine rings is 1. The van der Waals surface area contributed by atoms with Crippen molar-refractivity contribution in [3.8, 4) is 11.5 Å². The molecule has 5 rings (SSSR count). The Bertz CT molecular complexity index is 1180. The first kappa shape index (κ1) is 26.2. The minimum atomic E-state index is -0.597. The molecule has 1 saturated heterocycles. The van der Waals surface area contributed by atoms with Gasteiger partial charge in [0.25, 0.3) is 5.91 Å². The quantitative estimate of drug-likeness (QED) is 0.428. The summed E-state index contributed by atoms with van der Waals surface area (Å²) in [6.07, 6.45) is 2.26. The minimum Gasteiger partial charge on any atom is -0.489 e. The van der Waals surface area contributed by atoms with Gasteiger partial charge >= 0.3 is 0 Å². The first-order valence-electron chi connectivity index (χ1n) is 13.4. The summed E-state index contributed by atoms with van der Waals surface area (Å²) in [6.45, 7) is 3.46. The third-order valence-corrected chi connectivity index (χ3v) is 7.25. The second-order valence-corrected chi connectivity index (χ2v) is 9.92. The van der Waals surface area contributed by atoms with Crippen LogP contribution >= 0.6 is 0 Å². The Kier molecular flexibility index (Phi) is 8.91. The van der Waals surface area contributed by atoms with E-state index in [2.05, 4.69) is 17.4 Å². The van der Waals surface area contributed by atoms with Gasteiger partial charge in [-0.15, -0.1) is 0 Å². The summed E-state index contributed by atoms with van der Waals surface area (Å²) in [7, 11) is 0. The van der Waals surface area contributed by atoms with E-state index in [1.54, 1.807) is 4.90 Å². The summed E-state index contributed by atoms with van der Waals surface area (Å²) in [5, 5.41) is 14.3. The largest absolute Gasteiger partial charge is 0.489 e. The molecule has 0 bridgehead atoms. The fraction of sp³-hybridized carbons (Fsp3) is 0.387. The van der Waals surface area contributed by atoms with E-state index < -0.39 is 6.10 Å². The molecule has 0 spiro atoms. The van der Waals surface area contributed by atoms with Crippen LogP contribution in [0.4, 0.5) is 0 Å². The van der Waals surface area contributed by atoms with Crippen molar-refractivity contribution in [1.29, 1.82) is 0 Å². The summed E-state index contributed by atoms with van der Waals surface area (Å²) in [5.41, 5.74) is 4.54. The Morgan fingerprint density at radius 2 is 1.74 bits per heavy atom. The topological polar surface area (TPSA) is 80.3 Å². The molecule has 2 aliphatic rings. The Labute approximate surface area is 224 Å². The Morgan fingerprint density at radius 3 is 2.53 bits per heavy atom. The molecule has 7 heteroatoms. The molecule has 1 aliphatic carbocycles. The highest BCUT2D eigenvalue weighted by Crippen LogP contribution is 2.26. The van der Waals surface area contributed by atoms with E-state index >= 15 is 0 Å². The molecule has 7 nitrogen and oxygen atoms in total. The number of aryl methyl sites for hydroxylation is 1. The average Bonchev–Trinajstić information content (AvgIpc) is 2.98. The van der Waals surface area contributed by atoms with Gasteiger partial charge in [0.05, 0.1) is 19.3 Å². The monoisotopic (exact) mass is 516 g/mol. The molecule has 2 N–H and O–H groups in total. The predicted molar refractivity (Wildman–Crippen MR) is 145 cm³/mol. The zero-order valence-corrected chi connectivity index (χ0v) is 21.7. The van der Waals surface area contributed by atoms with Crippen LogP contribution in [0.1, 0.15) is 34.8 Å². The van der Waals surface area contributed by atoms with Crippen LogP contribution in [0.5, 0.6) is 11.5 Å². The molecule has 0 unspecified atom stereocenters. The van der Waals surface area contributed by atoms with Crippen molar-refractivity contribution in [2.75, 3.05) is 39.5 Å². The molecule has 0 radical (unpaired) electrons. The van der Waals surface area contributed by atoms with E-state index in [0.717, 1.165) is 41.9 Å². The molecule has 0 aromatic heterocycles. The van der Waals surface area contributed by atoms with Crippen LogP contribution in [0.2, 0.25) is 0 Å². The molecule has 200 valence electrons. The van der Waals surface area contributed by atoms with Crippen molar-refractivity contribution in [3.63, 3.8) is 0 Å². The Morgan fingerprint density at radius 1 is 0.974 bits per heavy atom. The summed E-state index contributed by atoms with van der Waals surface area (Å²) in [5.74, 6) is 1.50. The summed E-state index contributed by atoms with van der Waals surface area (Å²) in [4.78, 5) is 14.2. The maximum atomic E-state index is 12.4. The summed E-state index contributed by atoms with van der Waals surface area (Å²) in [6, 6.07) is 24.1. The van der Waals surface area contributed by atoms with Crippen LogP contribution < -0.4 is 14.8 Å². The Balaban J connectivity index is 1.08. The van der Waals surface area contributed by atoms with Crippen LogP contribution in [0, 0.1) is 0 Å². The van der Waals surface area contributed by atoms with Crippen LogP contribution in [0.3, 0.4) is 0 Å². The van der Waals surface area contributed by atoms with Crippen molar-refractivity contribution in [1.82, 2.24) is 10.2 Å². The van der Waals surface area contributed by atoms with Gasteiger partial charge in [-0.1, -0.05) is 48.5 Å². The number of hydrogen-bond acceptors (Lipinski definition) is 6. The molecular weight excluding hydrogens is 480 g/mol. The van der Waals surface area contributed by atoms with Gasteiger partial charge in [-0.25, -0.2) is 0 Å². The van der Waals surface area contributed by atoms with Gasteiger partial charge in [-0.05, 0) is 65.8 Å². The minimum absolute atomic E-state index is 0.00431. The van der Waals surface area contributed by atoms with Gasteiger partial charge in [0, 0.05) is 25.7 Å². The van der Waals surface area contributed by atoms with Crippen LogP contribution in [-0.4, -0.2) is 61.4 Å². The average molecular weight is 517 g/mol. The number of hydrogen-bond donors (Lipinski definition) is 2. The van der Waals surface area contributed by atoms with Gasteiger partial charge in [0.2, 0.25) is 0 Å². The molecule has 1 fully saturated rings. The second-order valence-electron chi connectivity index (χ2n) is 9.92. The van der Waals surface area contributed by atoms with Gasteiger partial charge in [-0.2, -0.15) is 0 Å². The lowest BCUT2D eigenvalue weighted by Gasteiger charge is -2.28. The number of aliphatic hydroxyl groups excluding tert-OH is 1. The molecule has 1 aliphatic heterocycles. The first-order valence-corrected chi connectivity index (χ1v) is 13.4. The standard InChI is InChI=1S/C31H36N2O5/c34-30(25-8-11-28(12-9-25)37-21-23-4-2-1-3-5-23)20-32-27-10-6-24-7-13-29(19-26(24)18-27)38-22-31(35)33-14-16-36-17-15-33/h1-5,7-9,11-13,19,27,30,32,34H,6,10,14-18,20-22H2/t27-,30+/m0/s1. The molecule has 1 amide bonds. The van der Waals surface area contributed by atoms with Crippen molar-refractivity contribution in [2.45, 2.75) is 38.0 Å². The van der Waals surface area contributed by atoms with Crippen molar-refractivity contribution >= 4 is 5.91 Å². The van der Waals surface area contributed by atoms with Gasteiger partial charge in [0.1, 0.15) is 18.1 Å². The van der Waals surface area contributed by atoms with Gasteiger partial charge in [-0.3, -0.25) is 4.79 Å². The number of carbonyl (C=O) groups excluding carboxylic acids is 1. The third-order valence-electron chi connectivity index (χ3n) is 7.25.